The number of amides is 1. The first-order valence-corrected chi connectivity index (χ1v) is 6.58. The molecule has 0 saturated heterocycles. The SMILES string of the molecule is COc1ccc(NCC(=O)Nc2cc(C)on2)cc1OC(F)F. The fraction of sp³-hybridized carbons (Fsp3) is 0.286. The van der Waals surface area contributed by atoms with E-state index in [4.69, 9.17) is 9.26 Å². The van der Waals surface area contributed by atoms with Crippen molar-refractivity contribution in [3.8, 4) is 11.5 Å². The number of alkyl halides is 2. The number of hydrogen-bond donors (Lipinski definition) is 2. The quantitative estimate of drug-likeness (QED) is 0.813. The number of anilines is 2. The first-order valence-electron chi connectivity index (χ1n) is 6.58. The highest BCUT2D eigenvalue weighted by molar-refractivity contribution is 5.92. The summed E-state index contributed by atoms with van der Waals surface area (Å²) in [4.78, 5) is 11.7. The third kappa shape index (κ3) is 4.83. The van der Waals surface area contributed by atoms with E-state index in [0.717, 1.165) is 0 Å². The number of hydrogen-bond acceptors (Lipinski definition) is 6. The van der Waals surface area contributed by atoms with Crippen LogP contribution in [-0.4, -0.2) is 31.3 Å². The number of methoxy groups -OCH3 is 1. The van der Waals surface area contributed by atoms with Gasteiger partial charge in [-0.25, -0.2) is 0 Å². The molecule has 0 unspecified atom stereocenters. The molecule has 1 aromatic carbocycles. The number of benzene rings is 1. The fourth-order valence-corrected chi connectivity index (χ4v) is 1.77. The molecule has 124 valence electrons. The molecule has 0 fully saturated rings. The van der Waals surface area contributed by atoms with Crippen molar-refractivity contribution in [3.63, 3.8) is 0 Å². The maximum atomic E-state index is 12.3. The normalized spacial score (nSPS) is 10.5. The highest BCUT2D eigenvalue weighted by Gasteiger charge is 2.12. The van der Waals surface area contributed by atoms with E-state index >= 15 is 0 Å². The van der Waals surface area contributed by atoms with Crippen molar-refractivity contribution in [1.29, 1.82) is 0 Å². The van der Waals surface area contributed by atoms with Gasteiger partial charge in [-0.3, -0.25) is 4.79 Å². The van der Waals surface area contributed by atoms with E-state index in [1.165, 1.54) is 19.2 Å². The van der Waals surface area contributed by atoms with Crippen molar-refractivity contribution in [2.75, 3.05) is 24.3 Å². The van der Waals surface area contributed by atoms with Crippen molar-refractivity contribution < 1.29 is 27.6 Å². The summed E-state index contributed by atoms with van der Waals surface area (Å²) < 4.78 is 38.8. The van der Waals surface area contributed by atoms with Gasteiger partial charge in [-0.15, -0.1) is 0 Å². The molecule has 2 N–H and O–H groups in total. The Hall–Kier alpha value is -2.84. The van der Waals surface area contributed by atoms with Crippen LogP contribution in [0.2, 0.25) is 0 Å². The van der Waals surface area contributed by atoms with Crippen LogP contribution < -0.4 is 20.1 Å². The predicted molar refractivity (Wildman–Crippen MR) is 78.0 cm³/mol. The van der Waals surface area contributed by atoms with Gasteiger partial charge in [0.25, 0.3) is 0 Å². The summed E-state index contributed by atoms with van der Waals surface area (Å²) in [5.74, 6) is 0.534. The number of aryl methyl sites for hydroxylation is 1. The van der Waals surface area contributed by atoms with Crippen LogP contribution in [0.15, 0.2) is 28.8 Å². The topological polar surface area (TPSA) is 85.6 Å². The summed E-state index contributed by atoms with van der Waals surface area (Å²) in [5, 5.41) is 8.93. The summed E-state index contributed by atoms with van der Waals surface area (Å²) in [6, 6.07) is 5.92. The standard InChI is InChI=1S/C14H15F2N3O4/c1-8-5-12(19-23-8)18-13(20)7-17-9-3-4-10(21-2)11(6-9)22-14(15)16/h3-6,14,17H,7H2,1-2H3,(H,18,19,20). The van der Waals surface area contributed by atoms with Gasteiger partial charge in [0.15, 0.2) is 17.3 Å². The van der Waals surface area contributed by atoms with E-state index < -0.39 is 6.61 Å². The number of aromatic nitrogens is 1. The molecule has 0 aliphatic carbocycles. The van der Waals surface area contributed by atoms with Crippen LogP contribution >= 0.6 is 0 Å². The van der Waals surface area contributed by atoms with Crippen LogP contribution in [0.4, 0.5) is 20.3 Å². The van der Waals surface area contributed by atoms with Gasteiger partial charge in [0.2, 0.25) is 5.91 Å². The lowest BCUT2D eigenvalue weighted by Gasteiger charge is -2.12. The molecule has 0 spiro atoms. The zero-order chi connectivity index (χ0) is 16.8. The number of nitrogens with zero attached hydrogens (tertiary/aromatic N) is 1. The Morgan fingerprint density at radius 1 is 1.35 bits per heavy atom. The van der Waals surface area contributed by atoms with E-state index in [9.17, 15) is 13.6 Å². The largest absolute Gasteiger partial charge is 0.493 e. The number of rotatable bonds is 7. The van der Waals surface area contributed by atoms with Crippen LogP contribution in [0.3, 0.4) is 0 Å². The minimum absolute atomic E-state index is 0.0909. The van der Waals surface area contributed by atoms with Gasteiger partial charge >= 0.3 is 6.61 Å². The van der Waals surface area contributed by atoms with E-state index in [-0.39, 0.29) is 24.0 Å². The molecule has 0 aliphatic rings. The lowest BCUT2D eigenvalue weighted by molar-refractivity contribution is -0.114. The van der Waals surface area contributed by atoms with Crippen molar-refractivity contribution in [2.24, 2.45) is 0 Å². The summed E-state index contributed by atoms with van der Waals surface area (Å²) in [6.45, 7) is -1.37. The van der Waals surface area contributed by atoms with Crippen molar-refractivity contribution in [3.05, 3.63) is 30.0 Å². The van der Waals surface area contributed by atoms with Crippen LogP contribution in [0.25, 0.3) is 0 Å². The number of ether oxygens (including phenoxy) is 2. The Kier molecular flexibility index (Phi) is 5.34. The number of carbonyl (C=O) groups is 1. The Bertz CT molecular complexity index is 676. The van der Waals surface area contributed by atoms with Crippen LogP contribution in [0.1, 0.15) is 5.76 Å². The zero-order valence-corrected chi connectivity index (χ0v) is 12.4. The molecular formula is C14H15F2N3O4. The zero-order valence-electron chi connectivity index (χ0n) is 12.4. The molecule has 0 radical (unpaired) electrons. The average molecular weight is 327 g/mol. The predicted octanol–water partition coefficient (Wildman–Crippen LogP) is 2.64. The molecule has 0 aliphatic heterocycles. The van der Waals surface area contributed by atoms with Crippen LogP contribution in [0.5, 0.6) is 11.5 Å². The van der Waals surface area contributed by atoms with Crippen LogP contribution in [-0.2, 0) is 4.79 Å². The third-order valence-electron chi connectivity index (χ3n) is 2.73. The molecule has 0 atom stereocenters. The number of nitrogens with one attached hydrogen (secondary N) is 2. The highest BCUT2D eigenvalue weighted by Crippen LogP contribution is 2.31. The Morgan fingerprint density at radius 3 is 2.74 bits per heavy atom. The summed E-state index contributed by atoms with van der Waals surface area (Å²) in [5.41, 5.74) is 0.424. The second-order valence-electron chi connectivity index (χ2n) is 4.47. The molecule has 2 aromatic rings. The van der Waals surface area contributed by atoms with Gasteiger partial charge in [-0.1, -0.05) is 5.16 Å². The highest BCUT2D eigenvalue weighted by atomic mass is 19.3. The van der Waals surface area contributed by atoms with Gasteiger partial charge in [-0.2, -0.15) is 8.78 Å². The maximum Gasteiger partial charge on any atom is 0.387 e. The average Bonchev–Trinajstić information content (AvgIpc) is 2.90. The molecule has 0 bridgehead atoms. The van der Waals surface area contributed by atoms with Crippen molar-refractivity contribution >= 4 is 17.4 Å². The Balaban J connectivity index is 1.95. The van der Waals surface area contributed by atoms with E-state index in [0.29, 0.717) is 17.3 Å². The lowest BCUT2D eigenvalue weighted by atomic mass is 10.2. The van der Waals surface area contributed by atoms with Gasteiger partial charge < -0.3 is 24.6 Å². The molecular weight excluding hydrogens is 312 g/mol. The van der Waals surface area contributed by atoms with Crippen LogP contribution in [0, 0.1) is 6.92 Å². The Morgan fingerprint density at radius 2 is 2.13 bits per heavy atom. The summed E-state index contributed by atoms with van der Waals surface area (Å²) in [6.07, 6.45) is 0. The van der Waals surface area contributed by atoms with Gasteiger partial charge in [0.05, 0.1) is 13.7 Å². The minimum atomic E-state index is -2.97. The third-order valence-corrected chi connectivity index (χ3v) is 2.73. The first kappa shape index (κ1) is 16.5. The molecule has 9 heteroatoms. The monoisotopic (exact) mass is 327 g/mol. The molecule has 23 heavy (non-hydrogen) atoms. The smallest absolute Gasteiger partial charge is 0.387 e. The summed E-state index contributed by atoms with van der Waals surface area (Å²) in [7, 11) is 1.34. The van der Waals surface area contributed by atoms with Crippen molar-refractivity contribution in [1.82, 2.24) is 5.16 Å². The summed E-state index contributed by atoms with van der Waals surface area (Å²) >= 11 is 0. The van der Waals surface area contributed by atoms with E-state index in [1.807, 2.05) is 0 Å². The molecule has 0 saturated carbocycles. The molecule has 2 rings (SSSR count). The second kappa shape index (κ2) is 7.43. The minimum Gasteiger partial charge on any atom is -0.493 e. The molecule has 1 amide bonds. The number of carbonyl (C=O) groups excluding carboxylic acids is 1. The van der Waals surface area contributed by atoms with Gasteiger partial charge in [-0.05, 0) is 19.1 Å². The van der Waals surface area contributed by atoms with E-state index in [2.05, 4.69) is 20.5 Å². The van der Waals surface area contributed by atoms with Crippen molar-refractivity contribution in [2.45, 2.75) is 13.5 Å². The van der Waals surface area contributed by atoms with Gasteiger partial charge in [0.1, 0.15) is 5.76 Å². The van der Waals surface area contributed by atoms with E-state index in [1.54, 1.807) is 19.1 Å². The molecule has 1 heterocycles. The van der Waals surface area contributed by atoms with Gasteiger partial charge in [0, 0.05) is 17.8 Å². The second-order valence-corrected chi connectivity index (χ2v) is 4.47. The maximum absolute atomic E-state index is 12.3. The Labute approximate surface area is 130 Å². The lowest BCUT2D eigenvalue weighted by Crippen LogP contribution is -2.21. The first-order chi connectivity index (χ1) is 11.0. The molecule has 7 nitrogen and oxygen atoms in total. The molecule has 1 aromatic heterocycles. The number of halogens is 2. The fourth-order valence-electron chi connectivity index (χ4n) is 1.77.